The fraction of sp³-hybridized carbons (Fsp3) is 0.353. The Kier molecular flexibility index (Phi) is 5.95. The quantitative estimate of drug-likeness (QED) is 0.812. The molecule has 24 heavy (non-hydrogen) atoms. The number of methoxy groups -OCH3 is 2. The van der Waals surface area contributed by atoms with E-state index in [1.807, 2.05) is 0 Å². The van der Waals surface area contributed by atoms with E-state index in [1.54, 1.807) is 45.4 Å². The van der Waals surface area contributed by atoms with Crippen molar-refractivity contribution < 1.29 is 14.3 Å². The van der Waals surface area contributed by atoms with Crippen LogP contribution in [0.5, 0.6) is 11.5 Å². The monoisotopic (exact) mass is 330 g/mol. The second kappa shape index (κ2) is 8.14. The average Bonchev–Trinajstić information content (AvgIpc) is 2.59. The lowest BCUT2D eigenvalue weighted by molar-refractivity contribution is 0.102. The fourth-order valence-electron chi connectivity index (χ4n) is 2.13. The molecule has 0 bridgehead atoms. The van der Waals surface area contributed by atoms with Gasteiger partial charge in [-0.2, -0.15) is 0 Å². The van der Waals surface area contributed by atoms with Gasteiger partial charge in [0.1, 0.15) is 28.8 Å². The van der Waals surface area contributed by atoms with Crippen LogP contribution in [0.3, 0.4) is 0 Å². The van der Waals surface area contributed by atoms with E-state index in [-0.39, 0.29) is 11.6 Å². The van der Waals surface area contributed by atoms with Gasteiger partial charge >= 0.3 is 0 Å². The van der Waals surface area contributed by atoms with E-state index < -0.39 is 0 Å². The Morgan fingerprint density at radius 1 is 1.17 bits per heavy atom. The Hall–Kier alpha value is -2.83. The summed E-state index contributed by atoms with van der Waals surface area (Å²) in [6, 6.07) is 6.82. The number of nitrogens with one attached hydrogen (secondary N) is 2. The van der Waals surface area contributed by atoms with E-state index in [1.165, 1.54) is 0 Å². The Balaban J connectivity index is 2.25. The number of hydrogen-bond acceptors (Lipinski definition) is 6. The molecule has 2 N–H and O–H groups in total. The number of nitrogens with zero attached hydrogens (tertiary/aromatic N) is 2. The summed E-state index contributed by atoms with van der Waals surface area (Å²) in [6.45, 7) is 4.59. The zero-order chi connectivity index (χ0) is 17.5. The van der Waals surface area contributed by atoms with E-state index in [0.717, 1.165) is 13.0 Å². The lowest BCUT2D eigenvalue weighted by Crippen LogP contribution is -2.16. The molecule has 0 aliphatic rings. The molecule has 0 aliphatic heterocycles. The maximum Gasteiger partial charge on any atom is 0.274 e. The minimum absolute atomic E-state index is 0.283. The Morgan fingerprint density at radius 3 is 2.62 bits per heavy atom. The largest absolute Gasteiger partial charge is 0.497 e. The van der Waals surface area contributed by atoms with Gasteiger partial charge in [-0.3, -0.25) is 4.79 Å². The summed E-state index contributed by atoms with van der Waals surface area (Å²) in [6.07, 6.45) is 0.964. The summed E-state index contributed by atoms with van der Waals surface area (Å²) in [5.74, 6) is 1.98. The lowest BCUT2D eigenvalue weighted by atomic mass is 10.2. The molecule has 1 amide bonds. The predicted octanol–water partition coefficient (Wildman–Crippen LogP) is 2.88. The van der Waals surface area contributed by atoms with Crippen molar-refractivity contribution in [3.8, 4) is 11.5 Å². The molecule has 1 aromatic heterocycles. The molecule has 1 aromatic carbocycles. The number of hydrogen-bond donors (Lipinski definition) is 2. The number of amides is 1. The molecule has 128 valence electrons. The minimum Gasteiger partial charge on any atom is -0.497 e. The Bertz CT molecular complexity index is 719. The summed E-state index contributed by atoms with van der Waals surface area (Å²) in [5.41, 5.74) is 0.798. The highest BCUT2D eigenvalue weighted by Gasteiger charge is 2.14. The van der Waals surface area contributed by atoms with Crippen molar-refractivity contribution in [3.63, 3.8) is 0 Å². The van der Waals surface area contributed by atoms with Crippen molar-refractivity contribution in [1.82, 2.24) is 9.97 Å². The first kappa shape index (κ1) is 17.5. The number of ether oxygens (including phenoxy) is 2. The SMILES string of the molecule is CCCNc1cc(C(=O)Nc2cc(OC)ccc2OC)nc(C)n1. The van der Waals surface area contributed by atoms with Gasteiger partial charge in [0, 0.05) is 18.7 Å². The van der Waals surface area contributed by atoms with Crippen molar-refractivity contribution >= 4 is 17.4 Å². The molecule has 0 spiro atoms. The van der Waals surface area contributed by atoms with Crippen LogP contribution in [0.4, 0.5) is 11.5 Å². The molecule has 2 rings (SSSR count). The summed E-state index contributed by atoms with van der Waals surface area (Å²) < 4.78 is 10.4. The van der Waals surface area contributed by atoms with Gasteiger partial charge < -0.3 is 20.1 Å². The fourth-order valence-corrected chi connectivity index (χ4v) is 2.13. The highest BCUT2D eigenvalue weighted by atomic mass is 16.5. The van der Waals surface area contributed by atoms with Gasteiger partial charge in [-0.1, -0.05) is 6.92 Å². The molecule has 1 heterocycles. The van der Waals surface area contributed by atoms with Crippen molar-refractivity contribution in [3.05, 3.63) is 35.8 Å². The second-order valence-corrected chi connectivity index (χ2v) is 5.13. The second-order valence-electron chi connectivity index (χ2n) is 5.13. The van der Waals surface area contributed by atoms with Gasteiger partial charge in [-0.25, -0.2) is 9.97 Å². The number of benzene rings is 1. The Morgan fingerprint density at radius 2 is 1.96 bits per heavy atom. The van der Waals surface area contributed by atoms with Crippen molar-refractivity contribution in [2.75, 3.05) is 31.4 Å². The topological polar surface area (TPSA) is 85.4 Å². The van der Waals surface area contributed by atoms with Crippen LogP contribution in [0.1, 0.15) is 29.7 Å². The molecule has 0 fully saturated rings. The van der Waals surface area contributed by atoms with E-state index >= 15 is 0 Å². The van der Waals surface area contributed by atoms with Gasteiger partial charge in [-0.05, 0) is 25.5 Å². The third-order valence-electron chi connectivity index (χ3n) is 3.28. The molecule has 0 saturated heterocycles. The van der Waals surface area contributed by atoms with E-state index in [0.29, 0.717) is 28.8 Å². The average molecular weight is 330 g/mol. The third kappa shape index (κ3) is 4.34. The number of aromatic nitrogens is 2. The smallest absolute Gasteiger partial charge is 0.274 e. The molecule has 7 heteroatoms. The molecule has 0 radical (unpaired) electrons. The van der Waals surface area contributed by atoms with Crippen LogP contribution in [-0.2, 0) is 0 Å². The van der Waals surface area contributed by atoms with Gasteiger partial charge in [-0.15, -0.1) is 0 Å². The van der Waals surface area contributed by atoms with Gasteiger partial charge in [0.2, 0.25) is 0 Å². The molecule has 0 aliphatic carbocycles. The molecule has 0 atom stereocenters. The van der Waals surface area contributed by atoms with Crippen LogP contribution in [0.15, 0.2) is 24.3 Å². The normalized spacial score (nSPS) is 10.2. The first-order chi connectivity index (χ1) is 11.6. The summed E-state index contributed by atoms with van der Waals surface area (Å²) in [4.78, 5) is 21.0. The number of anilines is 2. The molecule has 7 nitrogen and oxygen atoms in total. The van der Waals surface area contributed by atoms with Gasteiger partial charge in [0.15, 0.2) is 0 Å². The van der Waals surface area contributed by atoms with E-state index in [4.69, 9.17) is 9.47 Å². The van der Waals surface area contributed by atoms with Gasteiger partial charge in [0.05, 0.1) is 19.9 Å². The van der Waals surface area contributed by atoms with Crippen LogP contribution in [-0.4, -0.2) is 36.6 Å². The van der Waals surface area contributed by atoms with Crippen LogP contribution >= 0.6 is 0 Å². The van der Waals surface area contributed by atoms with E-state index in [2.05, 4.69) is 27.5 Å². The van der Waals surface area contributed by atoms with Crippen molar-refractivity contribution in [2.45, 2.75) is 20.3 Å². The molecule has 0 unspecified atom stereocenters. The van der Waals surface area contributed by atoms with Crippen molar-refractivity contribution in [2.24, 2.45) is 0 Å². The first-order valence-corrected chi connectivity index (χ1v) is 7.70. The zero-order valence-electron chi connectivity index (χ0n) is 14.3. The molecular formula is C17H22N4O3. The Labute approximate surface area is 141 Å². The van der Waals surface area contributed by atoms with Crippen LogP contribution < -0.4 is 20.1 Å². The summed E-state index contributed by atoms with van der Waals surface area (Å²) in [5, 5.41) is 5.96. The van der Waals surface area contributed by atoms with Crippen LogP contribution in [0.25, 0.3) is 0 Å². The molecule has 0 saturated carbocycles. The van der Waals surface area contributed by atoms with Gasteiger partial charge in [0.25, 0.3) is 5.91 Å². The predicted molar refractivity (Wildman–Crippen MR) is 93.0 cm³/mol. The summed E-state index contributed by atoms with van der Waals surface area (Å²) >= 11 is 0. The highest BCUT2D eigenvalue weighted by molar-refractivity contribution is 6.04. The standard InChI is InChI=1S/C17H22N4O3/c1-5-8-18-16-10-14(19-11(2)20-16)17(22)21-13-9-12(23-3)6-7-15(13)24-4/h6-7,9-10H,5,8H2,1-4H3,(H,21,22)(H,18,19,20). The first-order valence-electron chi connectivity index (χ1n) is 7.70. The number of carbonyl (C=O) groups is 1. The van der Waals surface area contributed by atoms with Crippen LogP contribution in [0.2, 0.25) is 0 Å². The summed E-state index contributed by atoms with van der Waals surface area (Å²) in [7, 11) is 3.10. The zero-order valence-corrected chi connectivity index (χ0v) is 14.3. The number of carbonyl (C=O) groups excluding carboxylic acids is 1. The third-order valence-corrected chi connectivity index (χ3v) is 3.28. The van der Waals surface area contributed by atoms with E-state index in [9.17, 15) is 4.79 Å². The van der Waals surface area contributed by atoms with Crippen molar-refractivity contribution in [1.29, 1.82) is 0 Å². The highest BCUT2D eigenvalue weighted by Crippen LogP contribution is 2.29. The maximum atomic E-state index is 12.5. The lowest BCUT2D eigenvalue weighted by Gasteiger charge is -2.12. The van der Waals surface area contributed by atoms with Crippen LogP contribution in [0, 0.1) is 6.92 Å². The molecular weight excluding hydrogens is 308 g/mol. The maximum absolute atomic E-state index is 12.5. The molecule has 2 aromatic rings. The number of rotatable bonds is 7. The minimum atomic E-state index is -0.341. The number of aryl methyl sites for hydroxylation is 1.